The summed E-state index contributed by atoms with van der Waals surface area (Å²) in [6, 6.07) is 0.438. The summed E-state index contributed by atoms with van der Waals surface area (Å²) in [6.07, 6.45) is 4.79. The van der Waals surface area contributed by atoms with Crippen LogP contribution in [0.5, 0.6) is 0 Å². The van der Waals surface area contributed by atoms with Gasteiger partial charge in [0.25, 0.3) is 5.91 Å². The molecular weight excluding hydrogens is 228 g/mol. The maximum Gasteiger partial charge on any atom is 0.274 e. The highest BCUT2D eigenvalue weighted by atomic mass is 16.2. The minimum atomic E-state index is 0.0602. The van der Waals surface area contributed by atoms with Gasteiger partial charge in [0.05, 0.1) is 11.4 Å². The van der Waals surface area contributed by atoms with E-state index in [1.54, 1.807) is 11.7 Å². The van der Waals surface area contributed by atoms with Gasteiger partial charge in [-0.3, -0.25) is 9.48 Å². The summed E-state index contributed by atoms with van der Waals surface area (Å²) in [5, 5.41) is 4.23. The second kappa shape index (κ2) is 4.00. The van der Waals surface area contributed by atoms with Crippen LogP contribution in [-0.4, -0.2) is 33.2 Å². The molecule has 2 N–H and O–H groups in total. The van der Waals surface area contributed by atoms with Crippen molar-refractivity contribution >= 4 is 11.6 Å². The third-order valence-corrected chi connectivity index (χ3v) is 3.87. The zero-order chi connectivity index (χ0) is 12.9. The molecule has 0 bridgehead atoms. The predicted octanol–water partition coefficient (Wildman–Crippen LogP) is 1.33. The van der Waals surface area contributed by atoms with E-state index in [0.717, 1.165) is 25.1 Å². The van der Waals surface area contributed by atoms with Gasteiger partial charge in [-0.2, -0.15) is 5.10 Å². The zero-order valence-electron chi connectivity index (χ0n) is 11.0. The summed E-state index contributed by atoms with van der Waals surface area (Å²) in [6.45, 7) is 2.74. The van der Waals surface area contributed by atoms with Crippen LogP contribution in [0, 0.1) is 12.8 Å². The topological polar surface area (TPSA) is 64.2 Å². The van der Waals surface area contributed by atoms with E-state index in [2.05, 4.69) is 5.10 Å². The molecule has 1 aromatic rings. The first-order valence-corrected chi connectivity index (χ1v) is 6.68. The fourth-order valence-corrected chi connectivity index (χ4v) is 2.43. The normalized spacial score (nSPS) is 19.0. The number of carbonyl (C=O) groups excluding carboxylic acids is 1. The number of nitrogens with zero attached hydrogens (tertiary/aromatic N) is 3. The standard InChI is InChI=1S/C13H20N4O/c1-8-11(14)12(16(2)15-8)13(18)17(10-5-6-10)7-9-3-4-9/h9-10H,3-7,14H2,1-2H3. The van der Waals surface area contributed by atoms with Crippen LogP contribution in [0.3, 0.4) is 0 Å². The molecule has 1 aromatic heterocycles. The molecule has 0 unspecified atom stereocenters. The Labute approximate surface area is 107 Å². The summed E-state index contributed by atoms with van der Waals surface area (Å²) in [5.41, 5.74) is 7.80. The highest BCUT2D eigenvalue weighted by molar-refractivity contribution is 5.98. The molecule has 1 amide bonds. The van der Waals surface area contributed by atoms with Crippen LogP contribution in [0.2, 0.25) is 0 Å². The molecule has 3 rings (SSSR count). The molecule has 0 radical (unpaired) electrons. The van der Waals surface area contributed by atoms with Crippen molar-refractivity contribution in [3.8, 4) is 0 Å². The second-order valence-corrected chi connectivity index (χ2v) is 5.60. The fraction of sp³-hybridized carbons (Fsp3) is 0.692. The highest BCUT2D eigenvalue weighted by Gasteiger charge is 2.38. The molecular formula is C13H20N4O. The number of nitrogens with two attached hydrogens (primary N) is 1. The van der Waals surface area contributed by atoms with E-state index >= 15 is 0 Å². The average molecular weight is 248 g/mol. The van der Waals surface area contributed by atoms with Crippen molar-refractivity contribution in [3.63, 3.8) is 0 Å². The number of rotatable bonds is 4. The quantitative estimate of drug-likeness (QED) is 0.874. The van der Waals surface area contributed by atoms with Crippen LogP contribution in [0.15, 0.2) is 0 Å². The molecule has 0 atom stereocenters. The largest absolute Gasteiger partial charge is 0.395 e. The highest BCUT2D eigenvalue weighted by Crippen LogP contribution is 2.36. The van der Waals surface area contributed by atoms with Gasteiger partial charge in [0.2, 0.25) is 0 Å². The van der Waals surface area contributed by atoms with Crippen molar-refractivity contribution in [1.82, 2.24) is 14.7 Å². The van der Waals surface area contributed by atoms with Crippen molar-refractivity contribution in [3.05, 3.63) is 11.4 Å². The van der Waals surface area contributed by atoms with Crippen molar-refractivity contribution in [2.24, 2.45) is 13.0 Å². The SMILES string of the molecule is Cc1nn(C)c(C(=O)N(CC2CC2)C2CC2)c1N. The maximum absolute atomic E-state index is 12.6. The van der Waals surface area contributed by atoms with Gasteiger partial charge in [0.1, 0.15) is 5.69 Å². The number of aromatic nitrogens is 2. The van der Waals surface area contributed by atoms with E-state index in [0.29, 0.717) is 23.3 Å². The van der Waals surface area contributed by atoms with Crippen molar-refractivity contribution < 1.29 is 4.79 Å². The molecule has 1 heterocycles. The third-order valence-electron chi connectivity index (χ3n) is 3.87. The Kier molecular flexibility index (Phi) is 2.57. The van der Waals surface area contributed by atoms with E-state index in [9.17, 15) is 4.79 Å². The van der Waals surface area contributed by atoms with E-state index in [1.165, 1.54) is 12.8 Å². The van der Waals surface area contributed by atoms with E-state index in [4.69, 9.17) is 5.73 Å². The average Bonchev–Trinajstić information content (AvgIpc) is 3.18. The smallest absolute Gasteiger partial charge is 0.274 e. The van der Waals surface area contributed by atoms with Gasteiger partial charge >= 0.3 is 0 Å². The lowest BCUT2D eigenvalue weighted by Crippen LogP contribution is -2.36. The van der Waals surface area contributed by atoms with Crippen LogP contribution >= 0.6 is 0 Å². The minimum Gasteiger partial charge on any atom is -0.395 e. The first kappa shape index (κ1) is 11.6. The molecule has 0 saturated heterocycles. The van der Waals surface area contributed by atoms with Crippen LogP contribution < -0.4 is 5.73 Å². The number of nitrogen functional groups attached to an aromatic ring is 1. The molecule has 5 heteroatoms. The minimum absolute atomic E-state index is 0.0602. The summed E-state index contributed by atoms with van der Waals surface area (Å²) in [5.74, 6) is 0.773. The monoisotopic (exact) mass is 248 g/mol. The number of hydrogen-bond acceptors (Lipinski definition) is 3. The Morgan fingerprint density at radius 1 is 1.44 bits per heavy atom. The molecule has 0 aromatic carbocycles. The lowest BCUT2D eigenvalue weighted by molar-refractivity contribution is 0.0724. The molecule has 98 valence electrons. The first-order chi connectivity index (χ1) is 8.58. The molecule has 0 spiro atoms. The van der Waals surface area contributed by atoms with Crippen molar-refractivity contribution in [2.75, 3.05) is 12.3 Å². The Morgan fingerprint density at radius 3 is 2.56 bits per heavy atom. The van der Waals surface area contributed by atoms with Gasteiger partial charge in [0, 0.05) is 19.6 Å². The molecule has 2 fully saturated rings. The predicted molar refractivity (Wildman–Crippen MR) is 69.1 cm³/mol. The lowest BCUT2D eigenvalue weighted by atomic mass is 10.2. The third kappa shape index (κ3) is 1.98. The zero-order valence-corrected chi connectivity index (χ0v) is 11.0. The molecule has 2 aliphatic rings. The first-order valence-electron chi connectivity index (χ1n) is 6.68. The van der Waals surface area contributed by atoms with Crippen LogP contribution in [-0.2, 0) is 7.05 Å². The van der Waals surface area contributed by atoms with Crippen LogP contribution in [0.1, 0.15) is 41.9 Å². The van der Waals surface area contributed by atoms with Gasteiger partial charge in [-0.25, -0.2) is 0 Å². The summed E-state index contributed by atoms with van der Waals surface area (Å²) >= 11 is 0. The number of carbonyl (C=O) groups is 1. The van der Waals surface area contributed by atoms with Gasteiger partial charge in [-0.05, 0) is 38.5 Å². The van der Waals surface area contributed by atoms with Crippen LogP contribution in [0.25, 0.3) is 0 Å². The van der Waals surface area contributed by atoms with Gasteiger partial charge < -0.3 is 10.6 Å². The van der Waals surface area contributed by atoms with E-state index < -0.39 is 0 Å². The van der Waals surface area contributed by atoms with Gasteiger partial charge in [0.15, 0.2) is 0 Å². The van der Waals surface area contributed by atoms with E-state index in [1.807, 2.05) is 11.8 Å². The molecule has 2 saturated carbocycles. The molecule has 0 aliphatic heterocycles. The van der Waals surface area contributed by atoms with Gasteiger partial charge in [-0.1, -0.05) is 0 Å². The number of anilines is 1. The van der Waals surface area contributed by atoms with Crippen LogP contribution in [0.4, 0.5) is 5.69 Å². The van der Waals surface area contributed by atoms with E-state index in [-0.39, 0.29) is 5.91 Å². The molecule has 18 heavy (non-hydrogen) atoms. The second-order valence-electron chi connectivity index (χ2n) is 5.60. The van der Waals surface area contributed by atoms with Crippen molar-refractivity contribution in [1.29, 1.82) is 0 Å². The maximum atomic E-state index is 12.6. The number of hydrogen-bond donors (Lipinski definition) is 1. The Hall–Kier alpha value is -1.52. The number of amides is 1. The van der Waals surface area contributed by atoms with Crippen molar-refractivity contribution in [2.45, 2.75) is 38.6 Å². The molecule has 5 nitrogen and oxygen atoms in total. The Balaban J connectivity index is 1.86. The Morgan fingerprint density at radius 2 is 2.11 bits per heavy atom. The Bertz CT molecular complexity index is 485. The fourth-order valence-electron chi connectivity index (χ4n) is 2.43. The lowest BCUT2D eigenvalue weighted by Gasteiger charge is -2.22. The summed E-state index contributed by atoms with van der Waals surface area (Å²) in [4.78, 5) is 14.6. The summed E-state index contributed by atoms with van der Waals surface area (Å²) in [7, 11) is 1.79. The summed E-state index contributed by atoms with van der Waals surface area (Å²) < 4.78 is 1.62. The number of aryl methyl sites for hydroxylation is 2. The molecule has 2 aliphatic carbocycles. The van der Waals surface area contributed by atoms with Gasteiger partial charge in [-0.15, -0.1) is 0 Å².